The number of hydrogen-bond donors (Lipinski definition) is 0. The van der Waals surface area contributed by atoms with E-state index in [1.807, 2.05) is 30.3 Å². The molecular formula is C23H32O3. The second-order valence-electron chi connectivity index (χ2n) is 7.12. The number of benzene rings is 1. The van der Waals surface area contributed by atoms with Crippen LogP contribution in [0, 0.1) is 0 Å². The van der Waals surface area contributed by atoms with E-state index in [0.29, 0.717) is 13.0 Å². The van der Waals surface area contributed by atoms with Gasteiger partial charge in [-0.15, -0.1) is 0 Å². The van der Waals surface area contributed by atoms with Gasteiger partial charge in [0, 0.05) is 6.42 Å². The van der Waals surface area contributed by atoms with Crippen LogP contribution < -0.4 is 0 Å². The highest BCUT2D eigenvalue weighted by Crippen LogP contribution is 2.35. The maximum absolute atomic E-state index is 12.9. The van der Waals surface area contributed by atoms with Crippen molar-refractivity contribution in [3.05, 3.63) is 59.2 Å². The third kappa shape index (κ3) is 6.62. The van der Waals surface area contributed by atoms with Crippen molar-refractivity contribution in [1.82, 2.24) is 0 Å². The maximum atomic E-state index is 12.9. The number of Topliss-reactive ketones (excluding diaryl/α,β-unsaturated/α-hetero) is 1. The minimum atomic E-state index is -0.957. The summed E-state index contributed by atoms with van der Waals surface area (Å²) in [6, 6.07) is 9.52. The van der Waals surface area contributed by atoms with Gasteiger partial charge in [-0.2, -0.15) is 0 Å². The summed E-state index contributed by atoms with van der Waals surface area (Å²) >= 11 is 0. The number of hydrogen-bond acceptors (Lipinski definition) is 3. The average Bonchev–Trinajstić information content (AvgIpc) is 2.59. The molecule has 0 saturated heterocycles. The fraction of sp³-hybridized carbons (Fsp3) is 0.478. The molecule has 3 nitrogen and oxygen atoms in total. The van der Waals surface area contributed by atoms with Gasteiger partial charge in [-0.3, -0.25) is 9.59 Å². The zero-order valence-corrected chi connectivity index (χ0v) is 16.8. The van der Waals surface area contributed by atoms with E-state index < -0.39 is 5.41 Å². The molecule has 0 heterocycles. The molecule has 142 valence electrons. The van der Waals surface area contributed by atoms with Crippen LogP contribution >= 0.6 is 0 Å². The quantitative estimate of drug-likeness (QED) is 0.408. The molecule has 0 saturated carbocycles. The van der Waals surface area contributed by atoms with Gasteiger partial charge in [0.05, 0.1) is 6.61 Å². The molecule has 0 amide bonds. The van der Waals surface area contributed by atoms with E-state index in [9.17, 15) is 9.59 Å². The fourth-order valence-electron chi connectivity index (χ4n) is 3.06. The summed E-state index contributed by atoms with van der Waals surface area (Å²) in [4.78, 5) is 24.9. The Morgan fingerprint density at radius 1 is 1.04 bits per heavy atom. The Balaban J connectivity index is 3.19. The zero-order valence-electron chi connectivity index (χ0n) is 16.8. The molecule has 0 aliphatic rings. The van der Waals surface area contributed by atoms with Crippen LogP contribution in [0.4, 0.5) is 0 Å². The Labute approximate surface area is 158 Å². The first-order chi connectivity index (χ1) is 12.3. The summed E-state index contributed by atoms with van der Waals surface area (Å²) in [6.45, 7) is 9.88. The van der Waals surface area contributed by atoms with Crippen LogP contribution in [-0.4, -0.2) is 18.4 Å². The van der Waals surface area contributed by atoms with E-state index in [-0.39, 0.29) is 18.2 Å². The number of ketones is 1. The first-order valence-electron chi connectivity index (χ1n) is 9.33. The summed E-state index contributed by atoms with van der Waals surface area (Å²) < 4.78 is 5.38. The third-order valence-electron chi connectivity index (χ3n) is 4.43. The minimum absolute atomic E-state index is 0.0162. The molecule has 26 heavy (non-hydrogen) atoms. The van der Waals surface area contributed by atoms with E-state index in [4.69, 9.17) is 4.74 Å². The molecular weight excluding hydrogens is 324 g/mol. The van der Waals surface area contributed by atoms with Gasteiger partial charge in [0.15, 0.2) is 0 Å². The summed E-state index contributed by atoms with van der Waals surface area (Å²) in [6.07, 6.45) is 6.84. The van der Waals surface area contributed by atoms with Crippen LogP contribution in [0.5, 0.6) is 0 Å². The van der Waals surface area contributed by atoms with Crippen molar-refractivity contribution in [3.63, 3.8) is 0 Å². The smallest absolute Gasteiger partial charge is 0.317 e. The predicted octanol–water partition coefficient (Wildman–Crippen LogP) is 5.55. The Kier molecular flexibility index (Phi) is 9.04. The molecule has 1 atom stereocenters. The monoisotopic (exact) mass is 356 g/mol. The highest BCUT2D eigenvalue weighted by molar-refractivity contribution is 5.90. The van der Waals surface area contributed by atoms with Crippen molar-refractivity contribution in [2.45, 2.75) is 65.7 Å². The Hall–Kier alpha value is -2.16. The lowest BCUT2D eigenvalue weighted by molar-refractivity contribution is -0.151. The van der Waals surface area contributed by atoms with Crippen molar-refractivity contribution >= 4 is 11.8 Å². The molecule has 0 radical (unpaired) electrons. The molecule has 0 N–H and O–H groups in total. The van der Waals surface area contributed by atoms with Crippen molar-refractivity contribution in [2.75, 3.05) is 6.61 Å². The van der Waals surface area contributed by atoms with Gasteiger partial charge < -0.3 is 4.74 Å². The number of allylic oxidation sites excluding steroid dienone is 4. The summed E-state index contributed by atoms with van der Waals surface area (Å²) in [5, 5.41) is 0. The van der Waals surface area contributed by atoms with Crippen molar-refractivity contribution < 1.29 is 14.3 Å². The third-order valence-corrected chi connectivity index (χ3v) is 4.43. The first kappa shape index (κ1) is 21.9. The molecule has 0 bridgehead atoms. The number of carbonyl (C=O) groups excluding carboxylic acids is 2. The lowest BCUT2D eigenvalue weighted by Crippen LogP contribution is -2.39. The van der Waals surface area contributed by atoms with Gasteiger partial charge in [-0.1, -0.05) is 53.6 Å². The van der Waals surface area contributed by atoms with E-state index in [1.165, 1.54) is 18.1 Å². The SMILES string of the molecule is CCOC(=O)C(C/C=C(\C)CCC=C(C)C)(CC(C)=O)c1ccccc1. The van der Waals surface area contributed by atoms with Gasteiger partial charge in [0.2, 0.25) is 0 Å². The van der Waals surface area contributed by atoms with Crippen LogP contribution in [-0.2, 0) is 19.7 Å². The van der Waals surface area contributed by atoms with Crippen molar-refractivity contribution in [2.24, 2.45) is 0 Å². The highest BCUT2D eigenvalue weighted by Gasteiger charge is 2.41. The zero-order chi connectivity index (χ0) is 19.6. The van der Waals surface area contributed by atoms with Crippen LogP contribution in [0.3, 0.4) is 0 Å². The molecule has 0 aromatic heterocycles. The normalized spacial score (nSPS) is 13.7. The minimum Gasteiger partial charge on any atom is -0.465 e. The van der Waals surface area contributed by atoms with Gasteiger partial charge >= 0.3 is 5.97 Å². The molecule has 1 unspecified atom stereocenters. The maximum Gasteiger partial charge on any atom is 0.317 e. The number of esters is 1. The molecule has 3 heteroatoms. The van der Waals surface area contributed by atoms with Crippen molar-refractivity contribution in [3.8, 4) is 0 Å². The van der Waals surface area contributed by atoms with Crippen molar-refractivity contribution in [1.29, 1.82) is 0 Å². The van der Waals surface area contributed by atoms with E-state index >= 15 is 0 Å². The summed E-state index contributed by atoms with van der Waals surface area (Å²) in [5.74, 6) is -0.341. The van der Waals surface area contributed by atoms with E-state index in [2.05, 4.69) is 32.9 Å². The highest BCUT2D eigenvalue weighted by atomic mass is 16.5. The number of ether oxygens (including phenoxy) is 1. The van der Waals surface area contributed by atoms with Crippen LogP contribution in [0.15, 0.2) is 53.6 Å². The van der Waals surface area contributed by atoms with E-state index in [0.717, 1.165) is 18.4 Å². The number of carbonyl (C=O) groups is 2. The number of rotatable bonds is 10. The Bertz CT molecular complexity index is 651. The average molecular weight is 357 g/mol. The Morgan fingerprint density at radius 2 is 1.69 bits per heavy atom. The first-order valence-corrected chi connectivity index (χ1v) is 9.33. The molecule has 0 spiro atoms. The lowest BCUT2D eigenvalue weighted by Gasteiger charge is -2.30. The van der Waals surface area contributed by atoms with Crippen LogP contribution in [0.25, 0.3) is 0 Å². The van der Waals surface area contributed by atoms with Gasteiger partial charge in [0.25, 0.3) is 0 Å². The summed E-state index contributed by atoms with van der Waals surface area (Å²) in [5.41, 5.74) is 2.40. The molecule has 1 aromatic rings. The second-order valence-corrected chi connectivity index (χ2v) is 7.12. The molecule has 0 fully saturated rings. The Morgan fingerprint density at radius 3 is 2.23 bits per heavy atom. The van der Waals surface area contributed by atoms with E-state index in [1.54, 1.807) is 6.92 Å². The molecule has 0 aliphatic heterocycles. The van der Waals surface area contributed by atoms with Gasteiger partial charge in [0.1, 0.15) is 11.2 Å². The van der Waals surface area contributed by atoms with Crippen LogP contribution in [0.2, 0.25) is 0 Å². The fourth-order valence-corrected chi connectivity index (χ4v) is 3.06. The largest absolute Gasteiger partial charge is 0.465 e. The standard InChI is InChI=1S/C23H32O3/c1-6-26-22(25)23(17-20(5)24,21-13-8-7-9-14-21)16-15-19(4)12-10-11-18(2)3/h7-9,11,13-15H,6,10,12,16-17H2,1-5H3/b19-15+. The van der Waals surface area contributed by atoms with Crippen LogP contribution in [0.1, 0.15) is 65.9 Å². The van der Waals surface area contributed by atoms with Gasteiger partial charge in [-0.05, 0) is 59.4 Å². The summed E-state index contributed by atoms with van der Waals surface area (Å²) in [7, 11) is 0. The molecule has 1 rings (SSSR count). The predicted molar refractivity (Wildman–Crippen MR) is 107 cm³/mol. The topological polar surface area (TPSA) is 43.4 Å². The van der Waals surface area contributed by atoms with Gasteiger partial charge in [-0.25, -0.2) is 0 Å². The lowest BCUT2D eigenvalue weighted by atomic mass is 9.73. The molecule has 1 aromatic carbocycles. The second kappa shape index (κ2) is 10.7. The molecule has 0 aliphatic carbocycles.